The highest BCUT2D eigenvalue weighted by Crippen LogP contribution is 2.27. The Morgan fingerprint density at radius 2 is 1.95 bits per heavy atom. The van der Waals surface area contributed by atoms with Crippen molar-refractivity contribution in [3.63, 3.8) is 0 Å². The van der Waals surface area contributed by atoms with Crippen LogP contribution in [0.1, 0.15) is 5.69 Å². The molecule has 0 saturated heterocycles. The van der Waals surface area contributed by atoms with Crippen molar-refractivity contribution < 1.29 is 9.90 Å². The molecule has 0 spiro atoms. The molecular formula is C13H11Cl2N4O2+. The van der Waals surface area contributed by atoms with E-state index in [1.54, 1.807) is 24.3 Å². The van der Waals surface area contributed by atoms with Gasteiger partial charge in [0.1, 0.15) is 12.0 Å². The first-order valence-electron chi connectivity index (χ1n) is 5.76. The summed E-state index contributed by atoms with van der Waals surface area (Å²) in [5.74, 6) is -0.182. The summed E-state index contributed by atoms with van der Waals surface area (Å²) in [6.45, 7) is 0. The smallest absolute Gasteiger partial charge is 0.547 e. The molecular weight excluding hydrogens is 315 g/mol. The van der Waals surface area contributed by atoms with Crippen LogP contribution in [0.2, 0.25) is 10.0 Å². The molecule has 0 aliphatic carbocycles. The summed E-state index contributed by atoms with van der Waals surface area (Å²) < 4.78 is 0. The largest absolute Gasteiger partial charge is 0.634 e. The van der Waals surface area contributed by atoms with Gasteiger partial charge in [-0.1, -0.05) is 29.3 Å². The van der Waals surface area contributed by atoms with Gasteiger partial charge in [0.2, 0.25) is 0 Å². The maximum Gasteiger partial charge on any atom is 0.634 e. The summed E-state index contributed by atoms with van der Waals surface area (Å²) in [6, 6.07) is 6.58. The van der Waals surface area contributed by atoms with Gasteiger partial charge in [0.25, 0.3) is 0 Å². The highest BCUT2D eigenvalue weighted by atomic mass is 35.5. The molecule has 1 amide bonds. The molecule has 1 aromatic carbocycles. The molecule has 21 heavy (non-hydrogen) atoms. The molecule has 2 aromatic rings. The SMILES string of the molecule is CN(C(=N)c1cc(-c2ccc(Cl)c(Cl)c2)ncn1)C(=O)[OH2+]. The second kappa shape index (κ2) is 6.07. The van der Waals surface area contributed by atoms with E-state index < -0.39 is 6.09 Å². The number of hydrogen-bond donors (Lipinski definition) is 1. The van der Waals surface area contributed by atoms with Crippen molar-refractivity contribution in [1.29, 1.82) is 5.41 Å². The molecule has 108 valence electrons. The fourth-order valence-corrected chi connectivity index (χ4v) is 1.87. The third kappa shape index (κ3) is 3.29. The number of amides is 1. The van der Waals surface area contributed by atoms with Crippen LogP contribution in [0.5, 0.6) is 0 Å². The molecule has 3 N–H and O–H groups in total. The Bertz CT molecular complexity index is 721. The lowest BCUT2D eigenvalue weighted by molar-refractivity contribution is 0.175. The van der Waals surface area contributed by atoms with Crippen LogP contribution in [0.25, 0.3) is 11.3 Å². The number of nitrogens with one attached hydrogen (secondary N) is 1. The monoisotopic (exact) mass is 325 g/mol. The van der Waals surface area contributed by atoms with E-state index >= 15 is 0 Å². The summed E-state index contributed by atoms with van der Waals surface area (Å²) in [4.78, 5) is 19.9. The van der Waals surface area contributed by atoms with E-state index in [-0.39, 0.29) is 11.5 Å². The average molecular weight is 326 g/mol. The zero-order chi connectivity index (χ0) is 15.6. The third-order valence-corrected chi connectivity index (χ3v) is 3.50. The number of amidine groups is 1. The topological polar surface area (TPSA) is 92.8 Å². The summed E-state index contributed by atoms with van der Waals surface area (Å²) in [7, 11) is 1.33. The van der Waals surface area contributed by atoms with Gasteiger partial charge in [-0.15, -0.1) is 0 Å². The van der Waals surface area contributed by atoms with E-state index in [0.29, 0.717) is 21.3 Å². The quantitative estimate of drug-likeness (QED) is 0.522. The van der Waals surface area contributed by atoms with E-state index in [1.807, 2.05) is 0 Å². The van der Waals surface area contributed by atoms with Crippen molar-refractivity contribution in [3.8, 4) is 11.3 Å². The van der Waals surface area contributed by atoms with Crippen LogP contribution in [-0.2, 0) is 0 Å². The summed E-state index contributed by atoms with van der Waals surface area (Å²) in [5.41, 5.74) is 1.48. The fraction of sp³-hybridized carbons (Fsp3) is 0.0769. The molecule has 6 nitrogen and oxygen atoms in total. The average Bonchev–Trinajstić information content (AvgIpc) is 2.48. The van der Waals surface area contributed by atoms with Crippen LogP contribution in [0.3, 0.4) is 0 Å². The Labute approximate surface area is 130 Å². The minimum absolute atomic E-state index is 0.182. The Morgan fingerprint density at radius 3 is 2.57 bits per heavy atom. The van der Waals surface area contributed by atoms with Gasteiger partial charge in [0, 0.05) is 12.6 Å². The second-order valence-corrected chi connectivity index (χ2v) is 4.94. The van der Waals surface area contributed by atoms with Crippen molar-refractivity contribution in [2.75, 3.05) is 7.05 Å². The Morgan fingerprint density at radius 1 is 1.24 bits per heavy atom. The van der Waals surface area contributed by atoms with Gasteiger partial charge < -0.3 is 5.11 Å². The minimum Gasteiger partial charge on any atom is -0.547 e. The van der Waals surface area contributed by atoms with Crippen molar-refractivity contribution in [3.05, 3.63) is 46.3 Å². The third-order valence-electron chi connectivity index (χ3n) is 2.77. The summed E-state index contributed by atoms with van der Waals surface area (Å²) >= 11 is 11.8. The number of nitrogens with zero attached hydrogens (tertiary/aromatic N) is 3. The standard InChI is InChI=1S/C13H10Cl2N4O2/c1-19(13(20)21)12(16)11-5-10(17-6-18-11)7-2-3-8(14)9(15)4-7/h2-6,16H,1H3,(H,20,21)/p+1. The van der Waals surface area contributed by atoms with Crippen LogP contribution in [0, 0.1) is 5.41 Å². The van der Waals surface area contributed by atoms with Gasteiger partial charge in [0.05, 0.1) is 20.5 Å². The maximum absolute atomic E-state index is 11.0. The zero-order valence-electron chi connectivity index (χ0n) is 10.9. The van der Waals surface area contributed by atoms with E-state index in [2.05, 4.69) is 9.97 Å². The number of aromatic nitrogens is 2. The van der Waals surface area contributed by atoms with Crippen molar-refractivity contribution >= 4 is 35.1 Å². The van der Waals surface area contributed by atoms with Crippen LogP contribution < -0.4 is 0 Å². The Balaban J connectivity index is 2.39. The molecule has 0 aliphatic heterocycles. The van der Waals surface area contributed by atoms with Crippen LogP contribution in [0.4, 0.5) is 4.79 Å². The first kappa shape index (κ1) is 15.2. The first-order valence-corrected chi connectivity index (χ1v) is 6.51. The van der Waals surface area contributed by atoms with Crippen molar-refractivity contribution in [2.24, 2.45) is 0 Å². The van der Waals surface area contributed by atoms with Gasteiger partial charge in [-0.3, -0.25) is 5.41 Å². The molecule has 0 bridgehead atoms. The highest BCUT2D eigenvalue weighted by molar-refractivity contribution is 6.42. The maximum atomic E-state index is 11.0. The predicted molar refractivity (Wildman–Crippen MR) is 81.1 cm³/mol. The zero-order valence-corrected chi connectivity index (χ0v) is 12.4. The van der Waals surface area contributed by atoms with Gasteiger partial charge in [-0.05, 0) is 18.2 Å². The number of rotatable bonds is 2. The fourth-order valence-electron chi connectivity index (χ4n) is 1.57. The number of benzene rings is 1. The summed E-state index contributed by atoms with van der Waals surface area (Å²) in [6.07, 6.45) is 0.291. The molecule has 2 rings (SSSR count). The lowest BCUT2D eigenvalue weighted by Crippen LogP contribution is -2.32. The van der Waals surface area contributed by atoms with Gasteiger partial charge in [-0.25, -0.2) is 14.9 Å². The Kier molecular flexibility index (Phi) is 4.40. The number of carbonyl (C=O) groups excluding carboxylic acids is 1. The highest BCUT2D eigenvalue weighted by Gasteiger charge is 2.21. The van der Waals surface area contributed by atoms with Crippen molar-refractivity contribution in [2.45, 2.75) is 0 Å². The lowest BCUT2D eigenvalue weighted by atomic mass is 10.1. The van der Waals surface area contributed by atoms with Crippen LogP contribution in [0.15, 0.2) is 30.6 Å². The second-order valence-electron chi connectivity index (χ2n) is 4.13. The van der Waals surface area contributed by atoms with E-state index in [4.69, 9.17) is 33.7 Å². The normalized spacial score (nSPS) is 10.2. The van der Waals surface area contributed by atoms with Crippen LogP contribution >= 0.6 is 23.2 Å². The summed E-state index contributed by atoms with van der Waals surface area (Å²) in [5, 5.41) is 15.7. The van der Waals surface area contributed by atoms with Gasteiger partial charge in [0.15, 0.2) is 5.84 Å². The Hall–Kier alpha value is -2.18. The number of halogens is 2. The van der Waals surface area contributed by atoms with Crippen LogP contribution in [-0.4, -0.2) is 39.0 Å². The van der Waals surface area contributed by atoms with E-state index in [1.165, 1.54) is 13.4 Å². The lowest BCUT2D eigenvalue weighted by Gasteiger charge is -2.10. The van der Waals surface area contributed by atoms with E-state index in [0.717, 1.165) is 4.90 Å². The minimum atomic E-state index is -0.991. The molecule has 0 aliphatic rings. The molecule has 8 heteroatoms. The molecule has 1 aromatic heterocycles. The number of hydrogen-bond acceptors (Lipinski definition) is 4. The number of carbonyl (C=O) groups is 1. The molecule has 0 atom stereocenters. The predicted octanol–water partition coefficient (Wildman–Crippen LogP) is 2.55. The van der Waals surface area contributed by atoms with Gasteiger partial charge in [-0.2, -0.15) is 0 Å². The first-order chi connectivity index (χ1) is 9.90. The molecule has 0 unspecified atom stereocenters. The van der Waals surface area contributed by atoms with Gasteiger partial charge >= 0.3 is 6.09 Å². The molecule has 1 heterocycles. The van der Waals surface area contributed by atoms with Crippen molar-refractivity contribution in [1.82, 2.24) is 14.9 Å². The molecule has 0 saturated carbocycles. The molecule has 0 radical (unpaired) electrons. The molecule has 0 fully saturated rings. The van der Waals surface area contributed by atoms with E-state index in [9.17, 15) is 4.79 Å².